The summed E-state index contributed by atoms with van der Waals surface area (Å²) in [5.41, 5.74) is 0. The molecule has 0 heterocycles. The molecule has 0 rings (SSSR count). The lowest BCUT2D eigenvalue weighted by molar-refractivity contribution is -0.870. The summed E-state index contributed by atoms with van der Waals surface area (Å²) in [6.07, 6.45) is 27.3. The van der Waals surface area contributed by atoms with Crippen LogP contribution in [0.25, 0.3) is 0 Å². The quantitative estimate of drug-likeness (QED) is 0.0417. The molecule has 0 amide bonds. The van der Waals surface area contributed by atoms with Gasteiger partial charge in [-0.1, -0.05) is 103 Å². The van der Waals surface area contributed by atoms with Crippen molar-refractivity contribution in [3.05, 3.63) is 12.2 Å². The molecule has 0 aromatic rings. The van der Waals surface area contributed by atoms with Crippen LogP contribution < -0.4 is 0 Å². The standard InChI is InChI=1S/C30H62NO6P/c1-5-6-7-8-9-10-11-12-13-14-15-16-17-18-19-20-21-22-23-24-26-35-28-30(32)29-37-38(33,34)36-27-25-31(2,3)4/h12-13,30,32H,5-11,14-29H2,1-4H3/p+1/b13-12-. The number of nitrogens with zero attached hydrogens (tertiary/aromatic N) is 1. The first kappa shape index (κ1) is 37.7. The van der Waals surface area contributed by atoms with Gasteiger partial charge in [0.2, 0.25) is 0 Å². The van der Waals surface area contributed by atoms with Crippen molar-refractivity contribution >= 4 is 7.82 Å². The Labute approximate surface area is 235 Å². The molecule has 0 saturated heterocycles. The first-order valence-electron chi connectivity index (χ1n) is 15.5. The summed E-state index contributed by atoms with van der Waals surface area (Å²) < 4.78 is 27.7. The molecule has 0 bridgehead atoms. The van der Waals surface area contributed by atoms with Gasteiger partial charge in [0.05, 0.1) is 34.4 Å². The van der Waals surface area contributed by atoms with E-state index < -0.39 is 13.9 Å². The van der Waals surface area contributed by atoms with E-state index in [1.54, 1.807) is 0 Å². The molecule has 228 valence electrons. The average molecular weight is 565 g/mol. The minimum absolute atomic E-state index is 0.0911. The van der Waals surface area contributed by atoms with E-state index in [1.165, 1.54) is 103 Å². The highest BCUT2D eigenvalue weighted by molar-refractivity contribution is 7.47. The van der Waals surface area contributed by atoms with Crippen molar-refractivity contribution in [1.82, 2.24) is 0 Å². The molecule has 0 aliphatic heterocycles. The first-order valence-corrected chi connectivity index (χ1v) is 17.0. The van der Waals surface area contributed by atoms with Crippen LogP contribution in [0.5, 0.6) is 0 Å². The number of phosphoric acid groups is 1. The van der Waals surface area contributed by atoms with Crippen LogP contribution in [-0.2, 0) is 18.3 Å². The number of likely N-dealkylation sites (N-methyl/N-ethyl adjacent to an activating group) is 1. The maximum absolute atomic E-state index is 11.8. The molecule has 0 fully saturated rings. The van der Waals surface area contributed by atoms with Gasteiger partial charge in [0.25, 0.3) is 0 Å². The number of rotatable bonds is 29. The van der Waals surface area contributed by atoms with E-state index >= 15 is 0 Å². The Kier molecular flexibility index (Phi) is 25.5. The fourth-order valence-corrected chi connectivity index (χ4v) is 4.82. The first-order chi connectivity index (χ1) is 18.2. The molecule has 2 unspecified atom stereocenters. The number of hydrogen-bond acceptors (Lipinski definition) is 5. The smallest absolute Gasteiger partial charge is 0.388 e. The largest absolute Gasteiger partial charge is 0.472 e. The minimum Gasteiger partial charge on any atom is -0.388 e. The van der Waals surface area contributed by atoms with Crippen molar-refractivity contribution in [2.75, 3.05) is 54.1 Å². The summed E-state index contributed by atoms with van der Waals surface area (Å²) in [6, 6.07) is 0. The molecule has 0 aromatic carbocycles. The summed E-state index contributed by atoms with van der Waals surface area (Å²) in [5, 5.41) is 9.89. The van der Waals surface area contributed by atoms with Gasteiger partial charge in [0.1, 0.15) is 19.3 Å². The van der Waals surface area contributed by atoms with Crippen molar-refractivity contribution in [3.8, 4) is 0 Å². The van der Waals surface area contributed by atoms with Crippen LogP contribution >= 0.6 is 7.82 Å². The fraction of sp³-hybridized carbons (Fsp3) is 0.933. The normalized spacial score (nSPS) is 14.8. The summed E-state index contributed by atoms with van der Waals surface area (Å²) in [6.45, 7) is 3.36. The van der Waals surface area contributed by atoms with Crippen LogP contribution in [0.4, 0.5) is 0 Å². The topological polar surface area (TPSA) is 85.2 Å². The number of hydrogen-bond donors (Lipinski definition) is 2. The zero-order chi connectivity index (χ0) is 28.4. The third-order valence-electron chi connectivity index (χ3n) is 6.56. The lowest BCUT2D eigenvalue weighted by Crippen LogP contribution is -2.37. The summed E-state index contributed by atoms with van der Waals surface area (Å²) in [7, 11) is 1.75. The molecule has 2 N–H and O–H groups in total. The minimum atomic E-state index is -4.14. The second kappa shape index (κ2) is 25.7. The van der Waals surface area contributed by atoms with Crippen LogP contribution in [0.15, 0.2) is 12.2 Å². The lowest BCUT2D eigenvalue weighted by atomic mass is 10.1. The van der Waals surface area contributed by atoms with Gasteiger partial charge in [0, 0.05) is 6.61 Å². The van der Waals surface area contributed by atoms with Gasteiger partial charge in [-0.3, -0.25) is 9.05 Å². The van der Waals surface area contributed by atoms with Crippen molar-refractivity contribution < 1.29 is 32.8 Å². The molecule has 38 heavy (non-hydrogen) atoms. The average Bonchev–Trinajstić information content (AvgIpc) is 2.85. The molecule has 0 saturated carbocycles. The second-order valence-electron chi connectivity index (χ2n) is 11.7. The summed E-state index contributed by atoms with van der Waals surface area (Å²) >= 11 is 0. The predicted octanol–water partition coefficient (Wildman–Crippen LogP) is 7.80. The highest BCUT2D eigenvalue weighted by Gasteiger charge is 2.24. The lowest BCUT2D eigenvalue weighted by Gasteiger charge is -2.24. The van der Waals surface area contributed by atoms with Gasteiger partial charge >= 0.3 is 7.82 Å². The SMILES string of the molecule is CCCCCCCC/C=C\CCCCCCCCCCCCOCC(O)COP(=O)(O)OCC[N+](C)(C)C. The van der Waals surface area contributed by atoms with Gasteiger partial charge in [0.15, 0.2) is 0 Å². The molecular weight excluding hydrogens is 501 g/mol. The van der Waals surface area contributed by atoms with Gasteiger partial charge in [-0.15, -0.1) is 0 Å². The van der Waals surface area contributed by atoms with E-state index in [1.807, 2.05) is 21.1 Å². The van der Waals surface area contributed by atoms with E-state index in [0.29, 0.717) is 17.6 Å². The van der Waals surface area contributed by atoms with Crippen molar-refractivity contribution in [1.29, 1.82) is 0 Å². The molecule has 0 radical (unpaired) electrons. The Morgan fingerprint density at radius 2 is 1.16 bits per heavy atom. The monoisotopic (exact) mass is 564 g/mol. The maximum Gasteiger partial charge on any atom is 0.472 e. The van der Waals surface area contributed by atoms with E-state index in [0.717, 1.165) is 12.8 Å². The Morgan fingerprint density at radius 1 is 0.684 bits per heavy atom. The molecule has 0 spiro atoms. The van der Waals surface area contributed by atoms with Gasteiger partial charge in [-0.25, -0.2) is 4.57 Å². The van der Waals surface area contributed by atoms with Crippen molar-refractivity contribution in [2.24, 2.45) is 0 Å². The fourth-order valence-electron chi connectivity index (χ4n) is 4.07. The predicted molar refractivity (Wildman–Crippen MR) is 159 cm³/mol. The van der Waals surface area contributed by atoms with Crippen LogP contribution in [0.3, 0.4) is 0 Å². The second-order valence-corrected chi connectivity index (χ2v) is 13.1. The number of phosphoric ester groups is 1. The van der Waals surface area contributed by atoms with Gasteiger partial charge in [-0.2, -0.15) is 0 Å². The Bertz CT molecular complexity index is 582. The molecular formula is C30H63NO6P+. The van der Waals surface area contributed by atoms with E-state index in [9.17, 15) is 14.6 Å². The highest BCUT2D eigenvalue weighted by atomic mass is 31.2. The number of aliphatic hydroxyl groups is 1. The summed E-state index contributed by atoms with van der Waals surface area (Å²) in [4.78, 5) is 9.66. The Balaban J connectivity index is 3.36. The highest BCUT2D eigenvalue weighted by Crippen LogP contribution is 2.43. The molecule has 0 aromatic heterocycles. The number of quaternary nitrogens is 1. The van der Waals surface area contributed by atoms with Gasteiger partial charge < -0.3 is 19.2 Å². The van der Waals surface area contributed by atoms with Gasteiger partial charge in [-0.05, 0) is 32.1 Å². The van der Waals surface area contributed by atoms with Crippen LogP contribution in [0.2, 0.25) is 0 Å². The van der Waals surface area contributed by atoms with Crippen molar-refractivity contribution in [3.63, 3.8) is 0 Å². The zero-order valence-corrected chi connectivity index (χ0v) is 26.3. The molecule has 0 aliphatic carbocycles. The molecule has 8 heteroatoms. The van der Waals surface area contributed by atoms with Crippen LogP contribution in [-0.4, -0.2) is 74.7 Å². The van der Waals surface area contributed by atoms with Crippen LogP contribution in [0, 0.1) is 0 Å². The number of aliphatic hydroxyl groups excluding tert-OH is 1. The molecule has 7 nitrogen and oxygen atoms in total. The van der Waals surface area contributed by atoms with E-state index in [2.05, 4.69) is 19.1 Å². The zero-order valence-electron chi connectivity index (χ0n) is 25.4. The van der Waals surface area contributed by atoms with E-state index in [4.69, 9.17) is 13.8 Å². The van der Waals surface area contributed by atoms with E-state index in [-0.39, 0.29) is 19.8 Å². The Hall–Kier alpha value is -0.270. The molecule has 0 aliphatic rings. The maximum atomic E-state index is 11.8. The third kappa shape index (κ3) is 30.3. The number of allylic oxidation sites excluding steroid dienone is 2. The molecule has 2 atom stereocenters. The van der Waals surface area contributed by atoms with Crippen molar-refractivity contribution in [2.45, 2.75) is 129 Å². The van der Waals surface area contributed by atoms with Crippen LogP contribution in [0.1, 0.15) is 122 Å². The number of unbranched alkanes of at least 4 members (excludes halogenated alkanes) is 16. The number of ether oxygens (including phenoxy) is 1. The third-order valence-corrected chi connectivity index (χ3v) is 7.54. The summed E-state index contributed by atoms with van der Waals surface area (Å²) in [5.74, 6) is 0. The Morgan fingerprint density at radius 3 is 1.66 bits per heavy atom.